The third-order valence-corrected chi connectivity index (χ3v) is 4.91. The van der Waals surface area contributed by atoms with Crippen LogP contribution in [0.1, 0.15) is 12.0 Å². The highest BCUT2D eigenvalue weighted by atomic mass is 32.2. The molecule has 0 fully saturated rings. The van der Waals surface area contributed by atoms with Crippen molar-refractivity contribution in [2.45, 2.75) is 17.9 Å². The van der Waals surface area contributed by atoms with Gasteiger partial charge in [0.2, 0.25) is 5.91 Å². The Bertz CT molecular complexity index is 969. The molecule has 0 aliphatic carbocycles. The summed E-state index contributed by atoms with van der Waals surface area (Å²) in [7, 11) is 0. The number of carbonyl (C=O) groups is 1. The van der Waals surface area contributed by atoms with Gasteiger partial charge in [-0.3, -0.25) is 40.3 Å². The van der Waals surface area contributed by atoms with Gasteiger partial charge in [0.25, 0.3) is 17.1 Å². The summed E-state index contributed by atoms with van der Waals surface area (Å²) < 4.78 is 1.56. The van der Waals surface area contributed by atoms with Crippen LogP contribution >= 0.6 is 11.9 Å². The number of amides is 1. The zero-order chi connectivity index (χ0) is 22.3. The second-order valence-corrected chi connectivity index (χ2v) is 6.97. The van der Waals surface area contributed by atoms with Gasteiger partial charge in [-0.2, -0.15) is 0 Å². The Morgan fingerprint density at radius 1 is 0.967 bits per heavy atom. The predicted octanol–water partition coefficient (Wildman–Crippen LogP) is 2.82. The molecule has 0 heterocycles. The van der Waals surface area contributed by atoms with Crippen LogP contribution in [-0.2, 0) is 11.3 Å². The van der Waals surface area contributed by atoms with Crippen molar-refractivity contribution in [3.05, 3.63) is 78.4 Å². The van der Waals surface area contributed by atoms with E-state index in [4.69, 9.17) is 5.21 Å². The number of carbonyl (C=O) groups excluding carboxylic acids is 1. The third-order valence-electron chi connectivity index (χ3n) is 3.80. The molecule has 0 spiro atoms. The minimum Gasteiger partial charge on any atom is -0.289 e. The number of nitrogens with zero attached hydrogens (tertiary/aromatic N) is 4. The van der Waals surface area contributed by atoms with E-state index in [1.54, 1.807) is 4.31 Å². The van der Waals surface area contributed by atoms with Crippen LogP contribution in [-0.4, -0.2) is 36.7 Å². The van der Waals surface area contributed by atoms with Gasteiger partial charge in [0.15, 0.2) is 0 Å². The number of nitro groups is 3. The van der Waals surface area contributed by atoms with E-state index < -0.39 is 32.1 Å². The lowest BCUT2D eigenvalue weighted by Crippen LogP contribution is -2.25. The molecule has 2 N–H and O–H groups in total. The summed E-state index contributed by atoms with van der Waals surface area (Å²) in [5.41, 5.74) is 1.09. The van der Waals surface area contributed by atoms with Gasteiger partial charge >= 0.3 is 0 Å². The molecule has 14 heteroatoms. The summed E-state index contributed by atoms with van der Waals surface area (Å²) in [6, 6.07) is 8.80. The molecule has 0 bridgehead atoms. The minimum atomic E-state index is -0.750. The first-order valence-electron chi connectivity index (χ1n) is 8.23. The van der Waals surface area contributed by atoms with Crippen molar-refractivity contribution in [3.63, 3.8) is 0 Å². The van der Waals surface area contributed by atoms with Crippen molar-refractivity contribution in [1.82, 2.24) is 9.79 Å². The van der Waals surface area contributed by atoms with Crippen LogP contribution in [0.3, 0.4) is 0 Å². The van der Waals surface area contributed by atoms with Gasteiger partial charge in [-0.05, 0) is 23.6 Å². The van der Waals surface area contributed by atoms with E-state index in [1.807, 2.05) is 0 Å². The summed E-state index contributed by atoms with van der Waals surface area (Å²) in [5.74, 6) is -0.678. The largest absolute Gasteiger partial charge is 0.291 e. The topological polar surface area (TPSA) is 182 Å². The number of nitro benzene ring substituents is 3. The van der Waals surface area contributed by atoms with Gasteiger partial charge in [0.1, 0.15) is 4.90 Å². The Labute approximate surface area is 172 Å². The van der Waals surface area contributed by atoms with Crippen molar-refractivity contribution >= 4 is 34.9 Å². The molecule has 0 aromatic heterocycles. The van der Waals surface area contributed by atoms with Crippen LogP contribution in [0.5, 0.6) is 0 Å². The van der Waals surface area contributed by atoms with Crippen LogP contribution in [0.2, 0.25) is 0 Å². The maximum Gasteiger partial charge on any atom is 0.291 e. The molecule has 0 radical (unpaired) electrons. The van der Waals surface area contributed by atoms with Gasteiger partial charge in [-0.25, -0.2) is 9.79 Å². The second kappa shape index (κ2) is 10.2. The normalized spacial score (nSPS) is 10.6. The molecule has 1 amide bonds. The van der Waals surface area contributed by atoms with Gasteiger partial charge in [0, 0.05) is 37.7 Å². The summed E-state index contributed by atoms with van der Waals surface area (Å²) in [6.45, 7) is 0.206. The molecular formula is C16H15N5O8S. The quantitative estimate of drug-likeness (QED) is 0.242. The fourth-order valence-corrected chi connectivity index (χ4v) is 3.37. The monoisotopic (exact) mass is 437 g/mol. The van der Waals surface area contributed by atoms with E-state index in [0.717, 1.165) is 24.1 Å². The lowest BCUT2D eigenvalue weighted by Gasteiger charge is -2.20. The Morgan fingerprint density at radius 2 is 1.57 bits per heavy atom. The van der Waals surface area contributed by atoms with Crippen molar-refractivity contribution in [2.24, 2.45) is 0 Å². The lowest BCUT2D eigenvalue weighted by molar-refractivity contribution is -0.396. The molecule has 0 atom stereocenters. The Balaban J connectivity index is 2.28. The fourth-order valence-electron chi connectivity index (χ4n) is 2.34. The Kier molecular flexibility index (Phi) is 7.74. The highest BCUT2D eigenvalue weighted by Gasteiger charge is 2.22. The van der Waals surface area contributed by atoms with Crippen LogP contribution < -0.4 is 5.48 Å². The highest BCUT2D eigenvalue weighted by Crippen LogP contribution is 2.35. The molecule has 2 aromatic carbocycles. The zero-order valence-corrected chi connectivity index (χ0v) is 16.0. The number of rotatable bonds is 10. The first-order valence-corrected chi connectivity index (χ1v) is 9.00. The number of benzene rings is 2. The molecule has 2 rings (SSSR count). The van der Waals surface area contributed by atoms with E-state index in [1.165, 1.54) is 35.8 Å². The average Bonchev–Trinajstić information content (AvgIpc) is 2.71. The van der Waals surface area contributed by atoms with E-state index in [0.29, 0.717) is 5.56 Å². The van der Waals surface area contributed by atoms with Crippen LogP contribution in [0.15, 0.2) is 47.4 Å². The molecule has 0 aliphatic heterocycles. The lowest BCUT2D eigenvalue weighted by atomic mass is 10.2. The van der Waals surface area contributed by atoms with Crippen LogP contribution in [0.4, 0.5) is 17.1 Å². The SMILES string of the molecule is O=C(CCN(Cc1ccc([N+](=O)[O-])cc1)Sc1ccc([N+](=O)[O-])cc1[N+](=O)[O-])NO. The summed E-state index contributed by atoms with van der Waals surface area (Å²) in [6.07, 6.45) is -0.142. The standard InChI is InChI=1S/C16H15N5O8S/c22-16(17-23)7-8-18(10-11-1-3-12(4-2-11)19(24)25)30-15-6-5-13(20(26)27)9-14(15)21(28)29/h1-6,9,23H,7-8,10H2,(H,17,22). The second-order valence-electron chi connectivity index (χ2n) is 5.83. The molecule has 158 valence electrons. The Morgan fingerprint density at radius 3 is 2.10 bits per heavy atom. The van der Waals surface area contributed by atoms with Crippen LogP contribution in [0, 0.1) is 30.3 Å². The van der Waals surface area contributed by atoms with Gasteiger partial charge < -0.3 is 0 Å². The molecule has 13 nitrogen and oxygen atoms in total. The van der Waals surface area contributed by atoms with Crippen molar-refractivity contribution in [1.29, 1.82) is 0 Å². The van der Waals surface area contributed by atoms with Gasteiger partial charge in [0.05, 0.1) is 20.8 Å². The van der Waals surface area contributed by atoms with Crippen molar-refractivity contribution in [3.8, 4) is 0 Å². The fraction of sp³-hybridized carbons (Fsp3) is 0.188. The molecule has 0 saturated carbocycles. The van der Waals surface area contributed by atoms with Crippen LogP contribution in [0.25, 0.3) is 0 Å². The first-order chi connectivity index (χ1) is 14.2. The molecule has 30 heavy (non-hydrogen) atoms. The van der Waals surface area contributed by atoms with E-state index in [9.17, 15) is 35.1 Å². The van der Waals surface area contributed by atoms with Gasteiger partial charge in [-0.15, -0.1) is 0 Å². The number of hydrogen-bond donors (Lipinski definition) is 2. The third kappa shape index (κ3) is 6.20. The minimum absolute atomic E-state index is 0.0577. The maximum absolute atomic E-state index is 11.4. The summed E-state index contributed by atoms with van der Waals surface area (Å²) in [5, 5.41) is 41.7. The number of hydrogen-bond acceptors (Lipinski definition) is 10. The molecule has 2 aromatic rings. The molecular weight excluding hydrogens is 422 g/mol. The molecule has 0 unspecified atom stereocenters. The van der Waals surface area contributed by atoms with Crippen molar-refractivity contribution < 1.29 is 24.8 Å². The smallest absolute Gasteiger partial charge is 0.289 e. The number of non-ortho nitro benzene ring substituents is 2. The van der Waals surface area contributed by atoms with E-state index in [2.05, 4.69) is 0 Å². The summed E-state index contributed by atoms with van der Waals surface area (Å²) in [4.78, 5) is 42.4. The Hall–Kier alpha value is -3.62. The summed E-state index contributed by atoms with van der Waals surface area (Å²) >= 11 is 0.895. The van der Waals surface area contributed by atoms with E-state index >= 15 is 0 Å². The highest BCUT2D eigenvalue weighted by molar-refractivity contribution is 7.97. The molecule has 0 aliphatic rings. The van der Waals surface area contributed by atoms with E-state index in [-0.39, 0.29) is 30.1 Å². The van der Waals surface area contributed by atoms with Gasteiger partial charge in [-0.1, -0.05) is 12.1 Å². The average molecular weight is 437 g/mol. The predicted molar refractivity (Wildman–Crippen MR) is 104 cm³/mol. The van der Waals surface area contributed by atoms with Crippen molar-refractivity contribution in [2.75, 3.05) is 6.54 Å². The number of nitrogens with one attached hydrogen (secondary N) is 1. The zero-order valence-electron chi connectivity index (χ0n) is 15.2. The number of hydroxylamine groups is 1. The first kappa shape index (κ1) is 22.7. The maximum atomic E-state index is 11.4. The molecule has 0 saturated heterocycles.